The lowest BCUT2D eigenvalue weighted by atomic mass is 9.52. The van der Waals surface area contributed by atoms with E-state index in [0.717, 1.165) is 17.3 Å². The molecule has 0 aromatic carbocycles. The van der Waals surface area contributed by atoms with Crippen LogP contribution in [0.4, 0.5) is 0 Å². The average molecular weight is 307 g/mol. The fourth-order valence-corrected chi connectivity index (χ4v) is 4.81. The Morgan fingerprint density at radius 3 is 1.91 bits per heavy atom. The molecule has 0 bridgehead atoms. The molecule has 0 aromatic heterocycles. The molecule has 0 aromatic rings. The van der Waals surface area contributed by atoms with E-state index in [1.54, 1.807) is 0 Å². The number of likely N-dealkylation sites (tertiary alicyclic amines) is 2. The largest absolute Gasteiger partial charge is 0.303 e. The number of rotatable bonds is 2. The van der Waals surface area contributed by atoms with Crippen LogP contribution in [0.2, 0.25) is 0 Å². The lowest BCUT2D eigenvalue weighted by Gasteiger charge is -2.57. The SMILES string of the molecule is CC(C)(C)C1CC2(CCN(CC3CN(C(C)(C)C)C3)CC2)C1. The summed E-state index contributed by atoms with van der Waals surface area (Å²) in [6.45, 7) is 21.0. The van der Waals surface area contributed by atoms with Crippen LogP contribution in [-0.2, 0) is 0 Å². The van der Waals surface area contributed by atoms with Crippen molar-refractivity contribution in [3.05, 3.63) is 0 Å². The minimum atomic E-state index is 0.371. The molecule has 2 heterocycles. The summed E-state index contributed by atoms with van der Waals surface area (Å²) in [5.41, 5.74) is 1.65. The Balaban J connectivity index is 1.38. The smallest absolute Gasteiger partial charge is 0.0125 e. The monoisotopic (exact) mass is 306 g/mol. The molecule has 22 heavy (non-hydrogen) atoms. The summed E-state index contributed by atoms with van der Waals surface area (Å²) in [6.07, 6.45) is 5.95. The van der Waals surface area contributed by atoms with Gasteiger partial charge < -0.3 is 4.90 Å². The van der Waals surface area contributed by atoms with E-state index in [4.69, 9.17) is 0 Å². The highest BCUT2D eigenvalue weighted by atomic mass is 15.3. The fourth-order valence-electron chi connectivity index (χ4n) is 4.81. The van der Waals surface area contributed by atoms with E-state index in [9.17, 15) is 0 Å². The molecule has 2 heteroatoms. The second-order valence-electron chi connectivity index (χ2n) is 10.7. The van der Waals surface area contributed by atoms with Gasteiger partial charge >= 0.3 is 0 Å². The van der Waals surface area contributed by atoms with Gasteiger partial charge in [-0.2, -0.15) is 0 Å². The van der Waals surface area contributed by atoms with Crippen molar-refractivity contribution in [2.24, 2.45) is 22.7 Å². The number of hydrogen-bond donors (Lipinski definition) is 0. The number of piperidine rings is 1. The zero-order valence-corrected chi connectivity index (χ0v) is 15.9. The van der Waals surface area contributed by atoms with Gasteiger partial charge in [-0.25, -0.2) is 0 Å². The molecule has 3 aliphatic rings. The van der Waals surface area contributed by atoms with E-state index >= 15 is 0 Å². The third-order valence-electron chi connectivity index (χ3n) is 6.92. The van der Waals surface area contributed by atoms with Gasteiger partial charge in [0.15, 0.2) is 0 Å². The molecule has 0 radical (unpaired) electrons. The molecule has 1 spiro atoms. The molecule has 128 valence electrons. The van der Waals surface area contributed by atoms with Crippen molar-refractivity contribution in [1.29, 1.82) is 0 Å². The van der Waals surface area contributed by atoms with E-state index in [1.165, 1.54) is 58.4 Å². The van der Waals surface area contributed by atoms with Gasteiger partial charge in [0.2, 0.25) is 0 Å². The zero-order valence-electron chi connectivity index (χ0n) is 15.9. The summed E-state index contributed by atoms with van der Waals surface area (Å²) in [6, 6.07) is 0. The molecular formula is C20H38N2. The van der Waals surface area contributed by atoms with Crippen molar-refractivity contribution in [2.75, 3.05) is 32.7 Å². The van der Waals surface area contributed by atoms with Gasteiger partial charge in [0.05, 0.1) is 0 Å². The molecule has 1 aliphatic carbocycles. The first-order valence-electron chi connectivity index (χ1n) is 9.55. The predicted molar refractivity (Wildman–Crippen MR) is 95.1 cm³/mol. The normalized spacial score (nSPS) is 28.6. The topological polar surface area (TPSA) is 6.48 Å². The molecule has 0 amide bonds. The molecule has 0 atom stereocenters. The van der Waals surface area contributed by atoms with Crippen LogP contribution in [0.3, 0.4) is 0 Å². The maximum atomic E-state index is 2.76. The Morgan fingerprint density at radius 2 is 1.45 bits per heavy atom. The third-order valence-corrected chi connectivity index (χ3v) is 6.92. The molecule has 0 unspecified atom stereocenters. The molecule has 1 saturated carbocycles. The number of hydrogen-bond acceptors (Lipinski definition) is 2. The van der Waals surface area contributed by atoms with Crippen molar-refractivity contribution in [3.8, 4) is 0 Å². The van der Waals surface area contributed by atoms with Crippen LogP contribution in [0.5, 0.6) is 0 Å². The Morgan fingerprint density at radius 1 is 0.909 bits per heavy atom. The van der Waals surface area contributed by atoms with Crippen LogP contribution in [-0.4, -0.2) is 48.1 Å². The van der Waals surface area contributed by atoms with Crippen molar-refractivity contribution < 1.29 is 0 Å². The quantitative estimate of drug-likeness (QED) is 0.752. The highest BCUT2D eigenvalue weighted by molar-refractivity contribution is 5.01. The summed E-state index contributed by atoms with van der Waals surface area (Å²) in [5, 5.41) is 0. The van der Waals surface area contributed by atoms with E-state index in [-0.39, 0.29) is 0 Å². The van der Waals surface area contributed by atoms with E-state index in [1.807, 2.05) is 0 Å². The van der Waals surface area contributed by atoms with E-state index in [0.29, 0.717) is 11.0 Å². The van der Waals surface area contributed by atoms with Gasteiger partial charge in [0.25, 0.3) is 0 Å². The molecule has 0 N–H and O–H groups in total. The van der Waals surface area contributed by atoms with Gasteiger partial charge in [-0.1, -0.05) is 20.8 Å². The van der Waals surface area contributed by atoms with Crippen LogP contribution < -0.4 is 0 Å². The highest BCUT2D eigenvalue weighted by Crippen LogP contribution is 2.57. The summed E-state index contributed by atoms with van der Waals surface area (Å²) < 4.78 is 0. The Labute approximate surface area is 138 Å². The van der Waals surface area contributed by atoms with Crippen molar-refractivity contribution in [2.45, 2.75) is 72.8 Å². The van der Waals surface area contributed by atoms with Crippen LogP contribution >= 0.6 is 0 Å². The van der Waals surface area contributed by atoms with E-state index in [2.05, 4.69) is 51.3 Å². The first-order valence-corrected chi connectivity index (χ1v) is 9.55. The molecule has 3 fully saturated rings. The van der Waals surface area contributed by atoms with Gasteiger partial charge in [-0.05, 0) is 82.2 Å². The van der Waals surface area contributed by atoms with E-state index < -0.39 is 0 Å². The standard InChI is InChI=1S/C20H38N2/c1-18(2,3)17-11-20(12-17)7-9-21(10-8-20)13-16-14-22(15-16)19(4,5)6/h16-17H,7-15H2,1-6H3. The molecule has 2 aliphatic heterocycles. The first-order chi connectivity index (χ1) is 10.1. The van der Waals surface area contributed by atoms with Crippen molar-refractivity contribution in [1.82, 2.24) is 9.80 Å². The Hall–Kier alpha value is -0.0800. The van der Waals surface area contributed by atoms with Crippen molar-refractivity contribution >= 4 is 0 Å². The van der Waals surface area contributed by atoms with Crippen LogP contribution in [0.1, 0.15) is 67.2 Å². The summed E-state index contributed by atoms with van der Waals surface area (Å²) in [7, 11) is 0. The molecule has 2 saturated heterocycles. The van der Waals surface area contributed by atoms with Crippen LogP contribution in [0, 0.1) is 22.7 Å². The van der Waals surface area contributed by atoms with Gasteiger partial charge in [0, 0.05) is 25.2 Å². The Kier molecular flexibility index (Phi) is 4.18. The van der Waals surface area contributed by atoms with Gasteiger partial charge in [-0.3, -0.25) is 4.90 Å². The summed E-state index contributed by atoms with van der Waals surface area (Å²) in [4.78, 5) is 5.39. The third kappa shape index (κ3) is 3.38. The predicted octanol–water partition coefficient (Wildman–Crippen LogP) is 4.26. The summed E-state index contributed by atoms with van der Waals surface area (Å²) in [5.74, 6) is 1.91. The first kappa shape index (κ1) is 16.8. The van der Waals surface area contributed by atoms with Gasteiger partial charge in [0.1, 0.15) is 0 Å². The lowest BCUT2D eigenvalue weighted by molar-refractivity contribution is -0.0665. The molecule has 2 nitrogen and oxygen atoms in total. The maximum Gasteiger partial charge on any atom is 0.0125 e. The van der Waals surface area contributed by atoms with Crippen LogP contribution in [0.25, 0.3) is 0 Å². The zero-order chi connectivity index (χ0) is 16.2. The molecule has 3 rings (SSSR count). The lowest BCUT2D eigenvalue weighted by Crippen LogP contribution is -2.59. The minimum Gasteiger partial charge on any atom is -0.303 e. The summed E-state index contributed by atoms with van der Waals surface area (Å²) >= 11 is 0. The fraction of sp³-hybridized carbons (Fsp3) is 1.00. The minimum absolute atomic E-state index is 0.371. The van der Waals surface area contributed by atoms with Crippen LogP contribution in [0.15, 0.2) is 0 Å². The highest BCUT2D eigenvalue weighted by Gasteiger charge is 2.49. The molecular weight excluding hydrogens is 268 g/mol. The van der Waals surface area contributed by atoms with Gasteiger partial charge in [-0.15, -0.1) is 0 Å². The Bertz CT molecular complexity index is 379. The second-order valence-corrected chi connectivity index (χ2v) is 10.7. The average Bonchev–Trinajstić information content (AvgIpc) is 2.28. The second kappa shape index (κ2) is 5.48. The number of nitrogens with zero attached hydrogens (tertiary/aromatic N) is 2. The van der Waals surface area contributed by atoms with Crippen molar-refractivity contribution in [3.63, 3.8) is 0 Å². The maximum absolute atomic E-state index is 2.76.